The van der Waals surface area contributed by atoms with Gasteiger partial charge >= 0.3 is 0 Å². The first-order valence-corrected chi connectivity index (χ1v) is 7.24. The molecule has 0 radical (unpaired) electrons. The molecule has 0 bridgehead atoms. The van der Waals surface area contributed by atoms with Gasteiger partial charge in [-0.25, -0.2) is 0 Å². The van der Waals surface area contributed by atoms with Crippen molar-refractivity contribution in [2.75, 3.05) is 6.54 Å². The van der Waals surface area contributed by atoms with Crippen LogP contribution in [0.25, 0.3) is 0 Å². The quantitative estimate of drug-likeness (QED) is 0.910. The van der Waals surface area contributed by atoms with E-state index in [1.165, 1.54) is 35.8 Å². The number of aromatic nitrogens is 2. The van der Waals surface area contributed by atoms with E-state index in [1.54, 1.807) is 0 Å². The lowest BCUT2D eigenvalue weighted by molar-refractivity contribution is 0.338. The van der Waals surface area contributed by atoms with Crippen molar-refractivity contribution in [2.45, 2.75) is 51.5 Å². The van der Waals surface area contributed by atoms with Gasteiger partial charge in [-0.15, -0.1) is 0 Å². The molecule has 2 heterocycles. The minimum atomic E-state index is 0.221. The highest BCUT2D eigenvalue weighted by atomic mass is 79.9. The lowest BCUT2D eigenvalue weighted by Crippen LogP contribution is -2.44. The van der Waals surface area contributed by atoms with Crippen molar-refractivity contribution in [3.05, 3.63) is 15.9 Å². The van der Waals surface area contributed by atoms with Crippen LogP contribution in [0.2, 0.25) is 0 Å². The fraction of sp³-hybridized carbons (Fsp3) is 0.769. The van der Waals surface area contributed by atoms with Gasteiger partial charge in [0.1, 0.15) is 0 Å². The molecule has 0 amide bonds. The molecule has 0 aromatic carbocycles. The maximum Gasteiger partial charge on any atom is 0.0738 e. The van der Waals surface area contributed by atoms with Gasteiger partial charge in [0.15, 0.2) is 0 Å². The zero-order valence-electron chi connectivity index (χ0n) is 11.0. The molecule has 2 rings (SSSR count). The normalized spacial score (nSPS) is 25.9. The van der Waals surface area contributed by atoms with Gasteiger partial charge < -0.3 is 5.32 Å². The number of nitrogens with one attached hydrogen (secondary N) is 1. The third-order valence-electron chi connectivity index (χ3n) is 3.78. The van der Waals surface area contributed by atoms with Crippen LogP contribution in [0.4, 0.5) is 0 Å². The van der Waals surface area contributed by atoms with Crippen molar-refractivity contribution >= 4 is 15.9 Å². The lowest BCUT2D eigenvalue weighted by atomic mass is 9.90. The standard InChI is InChI=1S/C13H22BrN3/c1-10-12(14)11(17(3)16-10)9-13(2)7-5-4-6-8-15-13/h15H,4-9H2,1-3H3. The molecule has 1 aromatic heterocycles. The number of rotatable bonds is 2. The molecular formula is C13H22BrN3. The molecule has 96 valence electrons. The third-order valence-corrected chi connectivity index (χ3v) is 4.81. The second kappa shape index (κ2) is 5.11. The Morgan fingerprint density at radius 3 is 2.82 bits per heavy atom. The van der Waals surface area contributed by atoms with Gasteiger partial charge in [-0.3, -0.25) is 4.68 Å². The molecule has 1 fully saturated rings. The minimum absolute atomic E-state index is 0.221. The first kappa shape index (κ1) is 13.1. The van der Waals surface area contributed by atoms with Crippen molar-refractivity contribution < 1.29 is 0 Å². The van der Waals surface area contributed by atoms with Crippen LogP contribution in [0.3, 0.4) is 0 Å². The number of aryl methyl sites for hydroxylation is 2. The maximum absolute atomic E-state index is 4.47. The van der Waals surface area contributed by atoms with Crippen molar-refractivity contribution in [2.24, 2.45) is 7.05 Å². The van der Waals surface area contributed by atoms with Crippen LogP contribution in [0, 0.1) is 6.92 Å². The topological polar surface area (TPSA) is 29.9 Å². The highest BCUT2D eigenvalue weighted by molar-refractivity contribution is 9.10. The van der Waals surface area contributed by atoms with Crippen molar-refractivity contribution in [3.63, 3.8) is 0 Å². The van der Waals surface area contributed by atoms with E-state index in [-0.39, 0.29) is 5.54 Å². The third kappa shape index (κ3) is 2.91. The Bertz CT molecular complexity index is 390. The van der Waals surface area contributed by atoms with Gasteiger partial charge in [0.25, 0.3) is 0 Å². The smallest absolute Gasteiger partial charge is 0.0738 e. The minimum Gasteiger partial charge on any atom is -0.311 e. The molecule has 0 saturated carbocycles. The maximum atomic E-state index is 4.47. The van der Waals surface area contributed by atoms with Gasteiger partial charge in [0, 0.05) is 19.0 Å². The Balaban J connectivity index is 2.18. The molecule has 0 spiro atoms. The van der Waals surface area contributed by atoms with E-state index in [0.29, 0.717) is 0 Å². The van der Waals surface area contributed by atoms with Crippen LogP contribution in [-0.4, -0.2) is 21.9 Å². The molecule has 3 nitrogen and oxygen atoms in total. The molecule has 1 aromatic rings. The van der Waals surface area contributed by atoms with Gasteiger partial charge in [-0.05, 0) is 49.2 Å². The van der Waals surface area contributed by atoms with Crippen molar-refractivity contribution in [1.29, 1.82) is 0 Å². The monoisotopic (exact) mass is 299 g/mol. The SMILES string of the molecule is Cc1nn(C)c(CC2(C)CCCCCN2)c1Br. The summed E-state index contributed by atoms with van der Waals surface area (Å²) in [6, 6.07) is 0. The predicted molar refractivity (Wildman–Crippen MR) is 74.2 cm³/mol. The Hall–Kier alpha value is -0.350. The summed E-state index contributed by atoms with van der Waals surface area (Å²) in [5, 5.41) is 8.18. The first-order chi connectivity index (χ1) is 8.02. The molecular weight excluding hydrogens is 278 g/mol. The zero-order chi connectivity index (χ0) is 12.5. The summed E-state index contributed by atoms with van der Waals surface area (Å²) in [5.41, 5.74) is 2.61. The molecule has 4 heteroatoms. The number of hydrogen-bond acceptors (Lipinski definition) is 2. The van der Waals surface area contributed by atoms with Gasteiger partial charge in [0.2, 0.25) is 0 Å². The Labute approximate surface area is 112 Å². The van der Waals surface area contributed by atoms with Crippen LogP contribution in [0.15, 0.2) is 4.47 Å². The Kier molecular flexibility index (Phi) is 3.93. The van der Waals surface area contributed by atoms with Gasteiger partial charge in [-0.2, -0.15) is 5.10 Å². The highest BCUT2D eigenvalue weighted by Crippen LogP contribution is 2.28. The zero-order valence-corrected chi connectivity index (χ0v) is 12.6. The van der Waals surface area contributed by atoms with Gasteiger partial charge in [0.05, 0.1) is 15.9 Å². The van der Waals surface area contributed by atoms with E-state index in [2.05, 4.69) is 40.2 Å². The van der Waals surface area contributed by atoms with E-state index in [4.69, 9.17) is 0 Å². The summed E-state index contributed by atoms with van der Waals surface area (Å²) in [6.07, 6.45) is 6.29. The number of nitrogens with zero attached hydrogens (tertiary/aromatic N) is 2. The first-order valence-electron chi connectivity index (χ1n) is 6.45. The van der Waals surface area contributed by atoms with Crippen LogP contribution in [0.5, 0.6) is 0 Å². The molecule has 1 unspecified atom stereocenters. The van der Waals surface area contributed by atoms with Crippen LogP contribution < -0.4 is 5.32 Å². The number of hydrogen-bond donors (Lipinski definition) is 1. The second-order valence-electron chi connectivity index (χ2n) is 5.44. The number of halogens is 1. The second-order valence-corrected chi connectivity index (χ2v) is 6.24. The van der Waals surface area contributed by atoms with Crippen molar-refractivity contribution in [3.8, 4) is 0 Å². The molecule has 0 aliphatic carbocycles. The van der Waals surface area contributed by atoms with E-state index in [1.807, 2.05) is 11.7 Å². The predicted octanol–water partition coefficient (Wildman–Crippen LogP) is 2.96. The molecule has 1 saturated heterocycles. The Morgan fingerprint density at radius 2 is 2.18 bits per heavy atom. The van der Waals surface area contributed by atoms with E-state index >= 15 is 0 Å². The molecule has 1 atom stereocenters. The molecule has 1 aliphatic rings. The van der Waals surface area contributed by atoms with Crippen LogP contribution in [0.1, 0.15) is 44.0 Å². The summed E-state index contributed by atoms with van der Waals surface area (Å²) >= 11 is 3.66. The Morgan fingerprint density at radius 1 is 1.41 bits per heavy atom. The summed E-state index contributed by atoms with van der Waals surface area (Å²) in [6.45, 7) is 5.54. The summed E-state index contributed by atoms with van der Waals surface area (Å²) < 4.78 is 3.18. The largest absolute Gasteiger partial charge is 0.311 e. The van der Waals surface area contributed by atoms with Crippen LogP contribution >= 0.6 is 15.9 Å². The molecule has 17 heavy (non-hydrogen) atoms. The summed E-state index contributed by atoms with van der Waals surface area (Å²) in [5.74, 6) is 0. The summed E-state index contributed by atoms with van der Waals surface area (Å²) in [7, 11) is 2.03. The van der Waals surface area contributed by atoms with E-state index in [9.17, 15) is 0 Å². The fourth-order valence-electron chi connectivity index (χ4n) is 2.69. The summed E-state index contributed by atoms with van der Waals surface area (Å²) in [4.78, 5) is 0. The van der Waals surface area contributed by atoms with E-state index < -0.39 is 0 Å². The van der Waals surface area contributed by atoms with Gasteiger partial charge in [-0.1, -0.05) is 12.8 Å². The average Bonchev–Trinajstić information content (AvgIpc) is 2.48. The van der Waals surface area contributed by atoms with E-state index in [0.717, 1.165) is 18.7 Å². The lowest BCUT2D eigenvalue weighted by Gasteiger charge is -2.29. The average molecular weight is 300 g/mol. The van der Waals surface area contributed by atoms with Crippen LogP contribution in [-0.2, 0) is 13.5 Å². The molecule has 1 aliphatic heterocycles. The molecule has 1 N–H and O–H groups in total. The van der Waals surface area contributed by atoms with Crippen molar-refractivity contribution in [1.82, 2.24) is 15.1 Å². The highest BCUT2D eigenvalue weighted by Gasteiger charge is 2.28. The fourth-order valence-corrected chi connectivity index (χ4v) is 3.16.